The van der Waals surface area contributed by atoms with Crippen molar-refractivity contribution < 1.29 is 9.18 Å². The third kappa shape index (κ3) is 3.43. The molecule has 0 aliphatic carbocycles. The maximum absolute atomic E-state index is 13.0. The number of thioether (sulfide) groups is 1. The lowest BCUT2D eigenvalue weighted by atomic mass is 10.2. The fraction of sp³-hybridized carbons (Fsp3) is 0.364. The van der Waals surface area contributed by atoms with Gasteiger partial charge >= 0.3 is 0 Å². The lowest BCUT2D eigenvalue weighted by Crippen LogP contribution is -2.41. The number of carbonyl (C=O) groups excluding carboxylic acids is 1. The summed E-state index contributed by atoms with van der Waals surface area (Å²) in [5.74, 6) is 1.26. The van der Waals surface area contributed by atoms with Crippen molar-refractivity contribution in [2.24, 2.45) is 0 Å². The maximum atomic E-state index is 13.0. The van der Waals surface area contributed by atoms with Crippen LogP contribution in [0.4, 0.5) is 4.39 Å². The summed E-state index contributed by atoms with van der Waals surface area (Å²) in [4.78, 5) is 11.7. The first-order valence-electron chi connectivity index (χ1n) is 5.19. The van der Waals surface area contributed by atoms with Crippen molar-refractivity contribution in [1.82, 2.24) is 10.6 Å². The molecule has 17 heavy (non-hydrogen) atoms. The number of halogens is 2. The summed E-state index contributed by atoms with van der Waals surface area (Å²) in [5, 5.41) is 5.88. The topological polar surface area (TPSA) is 41.1 Å². The number of rotatable bonds is 3. The summed E-state index contributed by atoms with van der Waals surface area (Å²) in [6.45, 7) is 0.333. The van der Waals surface area contributed by atoms with Crippen molar-refractivity contribution in [2.45, 2.75) is 12.6 Å². The van der Waals surface area contributed by atoms with E-state index in [-0.39, 0.29) is 17.8 Å². The van der Waals surface area contributed by atoms with Gasteiger partial charge in [-0.2, -0.15) is 0 Å². The van der Waals surface area contributed by atoms with Crippen molar-refractivity contribution in [3.05, 3.63) is 34.1 Å². The molecule has 1 unspecified atom stereocenters. The zero-order valence-corrected chi connectivity index (χ0v) is 11.4. The van der Waals surface area contributed by atoms with Gasteiger partial charge in [-0.15, -0.1) is 11.8 Å². The molecule has 1 aromatic rings. The van der Waals surface area contributed by atoms with E-state index in [1.807, 2.05) is 0 Å². The molecule has 1 amide bonds. The van der Waals surface area contributed by atoms with E-state index in [4.69, 9.17) is 0 Å². The summed E-state index contributed by atoms with van der Waals surface area (Å²) in [7, 11) is 0. The van der Waals surface area contributed by atoms with E-state index in [0.29, 0.717) is 6.54 Å². The number of amides is 1. The Kier molecular flexibility index (Phi) is 4.42. The molecule has 1 saturated heterocycles. The normalized spacial score (nSPS) is 19.3. The lowest BCUT2D eigenvalue weighted by molar-refractivity contribution is -0.122. The zero-order chi connectivity index (χ0) is 12.3. The minimum Gasteiger partial charge on any atom is -0.351 e. The molecule has 0 aromatic heterocycles. The Labute approximate surface area is 112 Å². The number of nitrogens with one attached hydrogen (secondary N) is 2. The lowest BCUT2D eigenvalue weighted by Gasteiger charge is -2.11. The molecule has 1 fully saturated rings. The molecule has 6 heteroatoms. The second kappa shape index (κ2) is 5.84. The predicted molar refractivity (Wildman–Crippen MR) is 70.2 cm³/mol. The highest BCUT2D eigenvalue weighted by atomic mass is 79.9. The Bertz CT molecular complexity index is 424. The van der Waals surface area contributed by atoms with E-state index in [9.17, 15) is 9.18 Å². The molecule has 2 rings (SSSR count). The largest absolute Gasteiger partial charge is 0.351 e. The highest BCUT2D eigenvalue weighted by molar-refractivity contribution is 9.10. The predicted octanol–water partition coefficient (Wildman–Crippen LogP) is 1.87. The molecule has 0 saturated carbocycles. The van der Waals surface area contributed by atoms with Crippen LogP contribution in [0.25, 0.3) is 0 Å². The summed E-state index contributed by atoms with van der Waals surface area (Å²) >= 11 is 5.02. The minimum atomic E-state index is -0.299. The van der Waals surface area contributed by atoms with Gasteiger partial charge in [0.15, 0.2) is 0 Å². The van der Waals surface area contributed by atoms with E-state index < -0.39 is 0 Å². The van der Waals surface area contributed by atoms with Crippen LogP contribution in [-0.2, 0) is 11.3 Å². The Morgan fingerprint density at radius 3 is 3.18 bits per heavy atom. The Morgan fingerprint density at radius 1 is 1.65 bits per heavy atom. The van der Waals surface area contributed by atoms with Gasteiger partial charge in [0, 0.05) is 22.6 Å². The van der Waals surface area contributed by atoms with Gasteiger partial charge in [-0.3, -0.25) is 10.1 Å². The molecule has 3 nitrogen and oxygen atoms in total. The summed E-state index contributed by atoms with van der Waals surface area (Å²) < 4.78 is 13.8. The molecule has 1 heterocycles. The quantitative estimate of drug-likeness (QED) is 0.894. The molecule has 92 valence electrons. The third-order valence-corrected chi connectivity index (χ3v) is 4.21. The van der Waals surface area contributed by atoms with Crippen molar-refractivity contribution in [3.63, 3.8) is 0 Å². The van der Waals surface area contributed by atoms with Gasteiger partial charge in [0.2, 0.25) is 5.91 Å². The smallest absolute Gasteiger partial charge is 0.238 e. The van der Waals surface area contributed by atoms with Crippen LogP contribution in [0.3, 0.4) is 0 Å². The Balaban J connectivity index is 1.92. The molecule has 1 aromatic carbocycles. The van der Waals surface area contributed by atoms with Gasteiger partial charge in [-0.1, -0.05) is 15.9 Å². The molecule has 0 radical (unpaired) electrons. The van der Waals surface area contributed by atoms with Gasteiger partial charge in [-0.05, 0) is 23.8 Å². The van der Waals surface area contributed by atoms with Crippen LogP contribution in [-0.4, -0.2) is 23.6 Å². The van der Waals surface area contributed by atoms with Gasteiger partial charge in [0.05, 0.1) is 6.04 Å². The molecule has 2 N–H and O–H groups in total. The molecular formula is C11H12BrFN2OS. The highest BCUT2D eigenvalue weighted by Gasteiger charge is 2.22. The van der Waals surface area contributed by atoms with E-state index >= 15 is 0 Å². The number of carbonyl (C=O) groups is 1. The highest BCUT2D eigenvalue weighted by Crippen LogP contribution is 2.17. The molecule has 1 atom stereocenters. The minimum absolute atomic E-state index is 0.0360. The zero-order valence-electron chi connectivity index (χ0n) is 9.00. The van der Waals surface area contributed by atoms with Crippen molar-refractivity contribution in [3.8, 4) is 0 Å². The van der Waals surface area contributed by atoms with Crippen LogP contribution < -0.4 is 10.6 Å². The van der Waals surface area contributed by atoms with Gasteiger partial charge in [0.25, 0.3) is 0 Å². The molecule has 0 bridgehead atoms. The number of benzene rings is 1. The first-order chi connectivity index (χ1) is 8.16. The number of hydrogen-bond acceptors (Lipinski definition) is 3. The molecule has 0 spiro atoms. The van der Waals surface area contributed by atoms with E-state index in [0.717, 1.165) is 21.7 Å². The molecule has 1 aliphatic rings. The van der Waals surface area contributed by atoms with Gasteiger partial charge in [-0.25, -0.2) is 4.39 Å². The monoisotopic (exact) mass is 318 g/mol. The fourth-order valence-corrected chi connectivity index (χ4v) is 2.88. The average molecular weight is 319 g/mol. The van der Waals surface area contributed by atoms with Gasteiger partial charge < -0.3 is 5.32 Å². The fourth-order valence-electron chi connectivity index (χ4n) is 1.55. The maximum Gasteiger partial charge on any atom is 0.238 e. The van der Waals surface area contributed by atoms with Gasteiger partial charge in [0.1, 0.15) is 5.82 Å². The van der Waals surface area contributed by atoms with E-state index in [2.05, 4.69) is 26.6 Å². The van der Waals surface area contributed by atoms with Crippen LogP contribution in [0.5, 0.6) is 0 Å². The Morgan fingerprint density at radius 2 is 2.47 bits per heavy atom. The van der Waals surface area contributed by atoms with Crippen molar-refractivity contribution in [1.29, 1.82) is 0 Å². The summed E-state index contributed by atoms with van der Waals surface area (Å²) in [6, 6.07) is 4.30. The first-order valence-corrected chi connectivity index (χ1v) is 7.14. The first kappa shape index (κ1) is 12.9. The molecular weight excluding hydrogens is 307 g/mol. The second-order valence-electron chi connectivity index (χ2n) is 3.73. The van der Waals surface area contributed by atoms with Crippen molar-refractivity contribution in [2.75, 3.05) is 11.6 Å². The second-order valence-corrected chi connectivity index (χ2v) is 5.61. The van der Waals surface area contributed by atoms with Crippen LogP contribution in [0, 0.1) is 5.82 Å². The van der Waals surface area contributed by atoms with Crippen LogP contribution in [0.2, 0.25) is 0 Å². The standard InChI is InChI=1S/C11H12BrFN2OS/c12-9-2-1-8(13)3-7(9)4-14-11(16)10-5-17-6-15-10/h1-3,10,15H,4-6H2,(H,14,16). The van der Waals surface area contributed by atoms with Crippen LogP contribution >= 0.6 is 27.7 Å². The summed E-state index contributed by atoms with van der Waals surface area (Å²) in [6.07, 6.45) is 0. The van der Waals surface area contributed by atoms with E-state index in [1.54, 1.807) is 17.8 Å². The van der Waals surface area contributed by atoms with E-state index in [1.165, 1.54) is 12.1 Å². The van der Waals surface area contributed by atoms with Crippen LogP contribution in [0.1, 0.15) is 5.56 Å². The number of hydrogen-bond donors (Lipinski definition) is 2. The van der Waals surface area contributed by atoms with Crippen LogP contribution in [0.15, 0.2) is 22.7 Å². The Hall–Kier alpha value is -0.590. The third-order valence-electron chi connectivity index (χ3n) is 2.49. The SMILES string of the molecule is O=C(NCc1cc(F)ccc1Br)C1CSCN1. The van der Waals surface area contributed by atoms with Crippen molar-refractivity contribution >= 4 is 33.6 Å². The summed E-state index contributed by atoms with van der Waals surface area (Å²) in [5.41, 5.74) is 0.740. The average Bonchev–Trinajstić information content (AvgIpc) is 2.83. The molecule has 1 aliphatic heterocycles.